The average molecular weight is 288 g/mol. The second kappa shape index (κ2) is 5.99. The van der Waals surface area contributed by atoms with Gasteiger partial charge in [0.25, 0.3) is 0 Å². The Morgan fingerprint density at radius 1 is 1.24 bits per heavy atom. The van der Waals surface area contributed by atoms with Crippen LogP contribution in [0.25, 0.3) is 0 Å². The molecule has 0 fully saturated rings. The molecule has 0 radical (unpaired) electrons. The van der Waals surface area contributed by atoms with E-state index in [1.807, 2.05) is 24.3 Å². The van der Waals surface area contributed by atoms with Crippen LogP contribution < -0.4 is 20.5 Å². The second-order valence-corrected chi connectivity index (χ2v) is 5.25. The molecule has 0 spiro atoms. The lowest BCUT2D eigenvalue weighted by Gasteiger charge is -2.22. The quantitative estimate of drug-likeness (QED) is 0.827. The topological polar surface area (TPSA) is 69.7 Å². The number of aryl methyl sites for hydroxylation is 1. The molecule has 2 heterocycles. The lowest BCUT2D eigenvalue weighted by Crippen LogP contribution is -2.19. The summed E-state index contributed by atoms with van der Waals surface area (Å²) >= 11 is 0. The van der Waals surface area contributed by atoms with E-state index in [0.29, 0.717) is 24.7 Å². The largest absolute Gasteiger partial charge is 0.486 e. The Hall–Kier alpha value is -2.30. The molecule has 3 N–H and O–H groups in total. The van der Waals surface area contributed by atoms with Crippen LogP contribution in [-0.4, -0.2) is 19.3 Å². The van der Waals surface area contributed by atoms with Crippen LogP contribution in [0.5, 0.6) is 11.5 Å². The first-order valence-corrected chi connectivity index (χ1v) is 7.20. The highest BCUT2D eigenvalue weighted by atomic mass is 16.6. The standard InChI is InChI=1S/C16H20N2O3/c1-11(4-5-12-3-2-6-19-12)18-14-10-16-15(9-13(14)17)20-7-8-21-16/h2-3,6,9-11,18H,4-5,7-8,17H2,1H3. The Balaban J connectivity index is 1.63. The summed E-state index contributed by atoms with van der Waals surface area (Å²) in [4.78, 5) is 0. The lowest BCUT2D eigenvalue weighted by atomic mass is 10.1. The minimum absolute atomic E-state index is 0.278. The monoisotopic (exact) mass is 288 g/mol. The highest BCUT2D eigenvalue weighted by molar-refractivity contribution is 5.72. The molecule has 1 aliphatic heterocycles. The predicted octanol–water partition coefficient (Wildman–Crippen LogP) is 3.07. The molecule has 2 aromatic rings. The van der Waals surface area contributed by atoms with E-state index in [-0.39, 0.29) is 6.04 Å². The van der Waals surface area contributed by atoms with Gasteiger partial charge in [-0.15, -0.1) is 0 Å². The summed E-state index contributed by atoms with van der Waals surface area (Å²) in [6, 6.07) is 7.90. The molecular weight excluding hydrogens is 268 g/mol. The number of ether oxygens (including phenoxy) is 2. The Kier molecular flexibility index (Phi) is 3.90. The number of hydrogen-bond donors (Lipinski definition) is 2. The van der Waals surface area contributed by atoms with E-state index in [0.717, 1.165) is 30.0 Å². The molecule has 21 heavy (non-hydrogen) atoms. The summed E-state index contributed by atoms with van der Waals surface area (Å²) in [5, 5.41) is 3.42. The summed E-state index contributed by atoms with van der Waals surface area (Å²) < 4.78 is 16.4. The maximum atomic E-state index is 6.07. The summed E-state index contributed by atoms with van der Waals surface area (Å²) in [5.41, 5.74) is 7.62. The van der Waals surface area contributed by atoms with Gasteiger partial charge in [0.2, 0.25) is 0 Å². The fraction of sp³-hybridized carbons (Fsp3) is 0.375. The maximum Gasteiger partial charge on any atom is 0.163 e. The van der Waals surface area contributed by atoms with Crippen LogP contribution in [0, 0.1) is 0 Å². The highest BCUT2D eigenvalue weighted by Crippen LogP contribution is 2.37. The first-order valence-electron chi connectivity index (χ1n) is 7.20. The van der Waals surface area contributed by atoms with Crippen molar-refractivity contribution in [3.05, 3.63) is 36.3 Å². The molecule has 0 saturated carbocycles. The first-order chi connectivity index (χ1) is 10.2. The van der Waals surface area contributed by atoms with Crippen LogP contribution in [-0.2, 0) is 6.42 Å². The molecule has 3 rings (SSSR count). The molecule has 1 aromatic heterocycles. The Morgan fingerprint density at radius 2 is 2.00 bits per heavy atom. The first kappa shape index (κ1) is 13.7. The minimum Gasteiger partial charge on any atom is -0.486 e. The number of nitrogens with one attached hydrogen (secondary N) is 1. The number of hydrogen-bond acceptors (Lipinski definition) is 5. The number of benzene rings is 1. The third kappa shape index (κ3) is 3.24. The Bertz CT molecular complexity index is 596. The van der Waals surface area contributed by atoms with Crippen molar-refractivity contribution in [1.29, 1.82) is 0 Å². The van der Waals surface area contributed by atoms with Crippen LogP contribution in [0.2, 0.25) is 0 Å². The van der Waals surface area contributed by atoms with Gasteiger partial charge in [-0.2, -0.15) is 0 Å². The molecule has 0 bridgehead atoms. The number of rotatable bonds is 5. The van der Waals surface area contributed by atoms with Crippen molar-refractivity contribution < 1.29 is 13.9 Å². The zero-order valence-corrected chi connectivity index (χ0v) is 12.1. The summed E-state index contributed by atoms with van der Waals surface area (Å²) in [5.74, 6) is 2.46. The zero-order valence-electron chi connectivity index (χ0n) is 12.1. The minimum atomic E-state index is 0.278. The Morgan fingerprint density at radius 3 is 2.71 bits per heavy atom. The number of furan rings is 1. The van der Waals surface area contributed by atoms with Crippen LogP contribution in [0.15, 0.2) is 34.9 Å². The predicted molar refractivity (Wildman–Crippen MR) is 82.0 cm³/mol. The fourth-order valence-electron chi connectivity index (χ4n) is 2.38. The number of fused-ring (bicyclic) bond motifs is 1. The van der Waals surface area contributed by atoms with Gasteiger partial charge >= 0.3 is 0 Å². The van der Waals surface area contributed by atoms with Gasteiger partial charge < -0.3 is 24.9 Å². The number of anilines is 2. The number of nitrogens with two attached hydrogens (primary N) is 1. The number of nitrogen functional groups attached to an aromatic ring is 1. The van der Waals surface area contributed by atoms with Crippen molar-refractivity contribution in [2.24, 2.45) is 0 Å². The average Bonchev–Trinajstić information content (AvgIpc) is 2.99. The van der Waals surface area contributed by atoms with Gasteiger partial charge in [-0.05, 0) is 25.5 Å². The van der Waals surface area contributed by atoms with Gasteiger partial charge in [0.15, 0.2) is 11.5 Å². The van der Waals surface area contributed by atoms with Crippen molar-refractivity contribution in [2.45, 2.75) is 25.8 Å². The van der Waals surface area contributed by atoms with E-state index in [9.17, 15) is 0 Å². The third-order valence-electron chi connectivity index (χ3n) is 3.52. The van der Waals surface area contributed by atoms with E-state index in [4.69, 9.17) is 19.6 Å². The van der Waals surface area contributed by atoms with Crippen LogP contribution >= 0.6 is 0 Å². The molecule has 0 amide bonds. The van der Waals surface area contributed by atoms with E-state index < -0.39 is 0 Å². The molecule has 0 saturated heterocycles. The molecule has 112 valence electrons. The molecule has 5 nitrogen and oxygen atoms in total. The van der Waals surface area contributed by atoms with Gasteiger partial charge in [0.1, 0.15) is 19.0 Å². The van der Waals surface area contributed by atoms with E-state index in [1.165, 1.54) is 0 Å². The van der Waals surface area contributed by atoms with Gasteiger partial charge in [0.05, 0.1) is 17.6 Å². The molecule has 1 unspecified atom stereocenters. The van der Waals surface area contributed by atoms with Crippen molar-refractivity contribution >= 4 is 11.4 Å². The highest BCUT2D eigenvalue weighted by Gasteiger charge is 2.15. The van der Waals surface area contributed by atoms with Crippen LogP contribution in [0.4, 0.5) is 11.4 Å². The molecule has 5 heteroatoms. The maximum absolute atomic E-state index is 6.07. The summed E-state index contributed by atoms with van der Waals surface area (Å²) in [7, 11) is 0. The van der Waals surface area contributed by atoms with Crippen molar-refractivity contribution in [3.63, 3.8) is 0 Å². The molecule has 1 aromatic carbocycles. The molecule has 0 aliphatic carbocycles. The lowest BCUT2D eigenvalue weighted by molar-refractivity contribution is 0.172. The van der Waals surface area contributed by atoms with E-state index >= 15 is 0 Å². The van der Waals surface area contributed by atoms with Gasteiger partial charge in [-0.25, -0.2) is 0 Å². The van der Waals surface area contributed by atoms with Crippen LogP contribution in [0.3, 0.4) is 0 Å². The normalized spacial score (nSPS) is 14.7. The molecular formula is C16H20N2O3. The van der Waals surface area contributed by atoms with Crippen molar-refractivity contribution in [1.82, 2.24) is 0 Å². The molecule has 1 atom stereocenters. The van der Waals surface area contributed by atoms with Crippen molar-refractivity contribution in [3.8, 4) is 11.5 Å². The Labute approximate surface area is 124 Å². The SMILES string of the molecule is CC(CCc1ccco1)Nc1cc2c(cc1N)OCCO2. The van der Waals surface area contributed by atoms with Gasteiger partial charge in [0, 0.05) is 24.6 Å². The summed E-state index contributed by atoms with van der Waals surface area (Å²) in [6.07, 6.45) is 3.55. The van der Waals surface area contributed by atoms with E-state index in [2.05, 4.69) is 12.2 Å². The van der Waals surface area contributed by atoms with E-state index in [1.54, 1.807) is 6.26 Å². The fourth-order valence-corrected chi connectivity index (χ4v) is 2.38. The van der Waals surface area contributed by atoms with Crippen LogP contribution in [0.1, 0.15) is 19.1 Å². The smallest absolute Gasteiger partial charge is 0.163 e. The molecule has 1 aliphatic rings. The zero-order chi connectivity index (χ0) is 14.7. The summed E-state index contributed by atoms with van der Waals surface area (Å²) in [6.45, 7) is 3.27. The van der Waals surface area contributed by atoms with Crippen molar-refractivity contribution in [2.75, 3.05) is 24.3 Å². The van der Waals surface area contributed by atoms with Gasteiger partial charge in [-0.3, -0.25) is 0 Å². The third-order valence-corrected chi connectivity index (χ3v) is 3.52. The van der Waals surface area contributed by atoms with Gasteiger partial charge in [-0.1, -0.05) is 0 Å². The second-order valence-electron chi connectivity index (χ2n) is 5.25.